The van der Waals surface area contributed by atoms with Crippen LogP contribution in [-0.4, -0.2) is 23.3 Å². The Labute approximate surface area is 147 Å². The number of hydrogen-bond donors (Lipinski definition) is 2. The van der Waals surface area contributed by atoms with Crippen LogP contribution in [0.4, 0.5) is 5.69 Å². The minimum Gasteiger partial charge on any atom is -0.504 e. The van der Waals surface area contributed by atoms with Crippen molar-refractivity contribution in [2.24, 2.45) is 0 Å². The molecule has 1 aliphatic rings. The first-order valence-electron chi connectivity index (χ1n) is 8.62. The van der Waals surface area contributed by atoms with Crippen molar-refractivity contribution in [1.82, 2.24) is 0 Å². The van der Waals surface area contributed by atoms with Gasteiger partial charge in [0.25, 0.3) is 0 Å². The first-order valence-corrected chi connectivity index (χ1v) is 8.62. The molecule has 1 aliphatic heterocycles. The van der Waals surface area contributed by atoms with E-state index in [9.17, 15) is 10.2 Å². The lowest BCUT2D eigenvalue weighted by atomic mass is 9.87. The standard InChI is InChI=1S/C22H21NO2/c24-21-13-17-11-12-23(18-9-5-2-6-10-18)15-20(19(17)14-22(21)25)16-7-3-1-4-8-16/h1-10,13-14,20,24-25H,11-12,15H2. The number of fused-ring (bicyclic) bond motifs is 1. The average Bonchev–Trinajstić information content (AvgIpc) is 2.83. The van der Waals surface area contributed by atoms with Crippen LogP contribution in [0, 0.1) is 0 Å². The summed E-state index contributed by atoms with van der Waals surface area (Å²) < 4.78 is 0. The van der Waals surface area contributed by atoms with Crippen molar-refractivity contribution in [3.05, 3.63) is 89.5 Å². The highest BCUT2D eigenvalue weighted by molar-refractivity contribution is 5.54. The maximum Gasteiger partial charge on any atom is 0.157 e. The zero-order chi connectivity index (χ0) is 17.2. The van der Waals surface area contributed by atoms with Crippen molar-refractivity contribution in [1.29, 1.82) is 0 Å². The van der Waals surface area contributed by atoms with E-state index in [0.717, 1.165) is 30.6 Å². The van der Waals surface area contributed by atoms with Crippen LogP contribution in [0.2, 0.25) is 0 Å². The van der Waals surface area contributed by atoms with Crippen LogP contribution in [0.15, 0.2) is 72.8 Å². The molecule has 1 unspecified atom stereocenters. The van der Waals surface area contributed by atoms with Crippen LogP contribution in [-0.2, 0) is 6.42 Å². The van der Waals surface area contributed by atoms with Crippen molar-refractivity contribution in [3.8, 4) is 11.5 Å². The molecule has 0 amide bonds. The lowest BCUT2D eigenvalue weighted by Crippen LogP contribution is -2.28. The molecule has 25 heavy (non-hydrogen) atoms. The number of benzene rings is 3. The molecule has 3 aromatic rings. The van der Waals surface area contributed by atoms with Gasteiger partial charge in [-0.1, -0.05) is 48.5 Å². The Balaban J connectivity index is 1.81. The molecule has 4 rings (SSSR count). The number of nitrogens with zero attached hydrogens (tertiary/aromatic N) is 1. The molecular formula is C22H21NO2. The lowest BCUT2D eigenvalue weighted by molar-refractivity contribution is 0.402. The molecule has 0 bridgehead atoms. The van der Waals surface area contributed by atoms with Crippen molar-refractivity contribution < 1.29 is 10.2 Å². The molecule has 0 radical (unpaired) electrons. The van der Waals surface area contributed by atoms with Crippen LogP contribution in [0.3, 0.4) is 0 Å². The number of hydrogen-bond acceptors (Lipinski definition) is 3. The zero-order valence-corrected chi connectivity index (χ0v) is 14.0. The Morgan fingerprint density at radius 3 is 2.16 bits per heavy atom. The van der Waals surface area contributed by atoms with Crippen molar-refractivity contribution >= 4 is 5.69 Å². The second kappa shape index (κ2) is 6.52. The summed E-state index contributed by atoms with van der Waals surface area (Å²) in [6.07, 6.45) is 0.835. The predicted molar refractivity (Wildman–Crippen MR) is 100 cm³/mol. The van der Waals surface area contributed by atoms with Gasteiger partial charge in [0.15, 0.2) is 11.5 Å². The van der Waals surface area contributed by atoms with Gasteiger partial charge in [0.2, 0.25) is 0 Å². The predicted octanol–water partition coefficient (Wildman–Crippen LogP) is 4.29. The third kappa shape index (κ3) is 3.05. The van der Waals surface area contributed by atoms with Gasteiger partial charge in [-0.15, -0.1) is 0 Å². The fraction of sp³-hybridized carbons (Fsp3) is 0.182. The van der Waals surface area contributed by atoms with Gasteiger partial charge in [0, 0.05) is 24.7 Å². The number of para-hydroxylation sites is 1. The molecule has 3 heteroatoms. The monoisotopic (exact) mass is 331 g/mol. The molecule has 0 saturated heterocycles. The lowest BCUT2D eigenvalue weighted by Gasteiger charge is -2.27. The van der Waals surface area contributed by atoms with Gasteiger partial charge >= 0.3 is 0 Å². The van der Waals surface area contributed by atoms with Crippen LogP contribution >= 0.6 is 0 Å². The van der Waals surface area contributed by atoms with Gasteiger partial charge in [0.05, 0.1) is 0 Å². The summed E-state index contributed by atoms with van der Waals surface area (Å²) in [5.74, 6) is 0.0528. The van der Waals surface area contributed by atoms with E-state index in [-0.39, 0.29) is 17.4 Å². The van der Waals surface area contributed by atoms with E-state index in [4.69, 9.17) is 0 Å². The van der Waals surface area contributed by atoms with Crippen LogP contribution in [0.25, 0.3) is 0 Å². The normalized spacial score (nSPS) is 17.0. The number of rotatable bonds is 2. The summed E-state index contributed by atoms with van der Waals surface area (Å²) >= 11 is 0. The minimum absolute atomic E-state index is 0.0428. The molecule has 0 saturated carbocycles. The quantitative estimate of drug-likeness (QED) is 0.688. The molecule has 0 fully saturated rings. The fourth-order valence-corrected chi connectivity index (χ4v) is 3.69. The Kier molecular flexibility index (Phi) is 4.06. The molecule has 3 aromatic carbocycles. The molecule has 0 aromatic heterocycles. The van der Waals surface area contributed by atoms with Crippen molar-refractivity contribution in [2.45, 2.75) is 12.3 Å². The van der Waals surface area contributed by atoms with E-state index < -0.39 is 0 Å². The van der Waals surface area contributed by atoms with Gasteiger partial charge in [0.1, 0.15) is 0 Å². The van der Waals surface area contributed by atoms with E-state index in [1.807, 2.05) is 24.3 Å². The smallest absolute Gasteiger partial charge is 0.157 e. The Bertz CT molecular complexity index is 862. The highest BCUT2D eigenvalue weighted by Crippen LogP contribution is 2.38. The first-order chi connectivity index (χ1) is 12.2. The molecule has 1 atom stereocenters. The van der Waals surface area contributed by atoms with Crippen molar-refractivity contribution in [3.63, 3.8) is 0 Å². The van der Waals surface area contributed by atoms with Gasteiger partial charge in [-0.05, 0) is 47.4 Å². The molecule has 1 heterocycles. The topological polar surface area (TPSA) is 43.7 Å². The maximum absolute atomic E-state index is 10.1. The SMILES string of the molecule is Oc1cc2c(cc1O)C(c1ccccc1)CN(c1ccccc1)CC2. The number of phenolic OH excluding ortho intramolecular Hbond substituents is 2. The van der Waals surface area contributed by atoms with E-state index in [0.29, 0.717) is 0 Å². The average molecular weight is 331 g/mol. The zero-order valence-electron chi connectivity index (χ0n) is 14.0. The Hall–Kier alpha value is -2.94. The van der Waals surface area contributed by atoms with Gasteiger partial charge in [-0.2, -0.15) is 0 Å². The minimum atomic E-state index is -0.0483. The Morgan fingerprint density at radius 1 is 0.800 bits per heavy atom. The summed E-state index contributed by atoms with van der Waals surface area (Å²) in [6.45, 7) is 1.72. The van der Waals surface area contributed by atoms with Crippen LogP contribution < -0.4 is 4.90 Å². The number of phenols is 2. The third-order valence-electron chi connectivity index (χ3n) is 4.99. The molecule has 126 valence electrons. The summed E-state index contributed by atoms with van der Waals surface area (Å²) in [5.41, 5.74) is 4.61. The maximum atomic E-state index is 10.1. The second-order valence-corrected chi connectivity index (χ2v) is 6.53. The van der Waals surface area contributed by atoms with Crippen molar-refractivity contribution in [2.75, 3.05) is 18.0 Å². The molecule has 3 nitrogen and oxygen atoms in total. The number of anilines is 1. The third-order valence-corrected chi connectivity index (χ3v) is 4.99. The molecular weight excluding hydrogens is 310 g/mol. The first kappa shape index (κ1) is 15.6. The van der Waals surface area contributed by atoms with E-state index in [2.05, 4.69) is 41.3 Å². The largest absolute Gasteiger partial charge is 0.504 e. The molecule has 0 aliphatic carbocycles. The van der Waals surface area contributed by atoms with Gasteiger partial charge < -0.3 is 15.1 Å². The van der Waals surface area contributed by atoms with Crippen LogP contribution in [0.5, 0.6) is 11.5 Å². The number of aromatic hydroxyl groups is 2. The summed E-state index contributed by atoms with van der Waals surface area (Å²) in [4.78, 5) is 2.38. The molecule has 0 spiro atoms. The van der Waals surface area contributed by atoms with E-state index in [1.54, 1.807) is 12.1 Å². The van der Waals surface area contributed by atoms with Crippen LogP contribution in [0.1, 0.15) is 22.6 Å². The van der Waals surface area contributed by atoms with Gasteiger partial charge in [-0.25, -0.2) is 0 Å². The second-order valence-electron chi connectivity index (χ2n) is 6.53. The summed E-state index contributed by atoms with van der Waals surface area (Å²) in [6, 6.07) is 24.2. The summed E-state index contributed by atoms with van der Waals surface area (Å²) in [7, 11) is 0. The highest BCUT2D eigenvalue weighted by atomic mass is 16.3. The fourth-order valence-electron chi connectivity index (χ4n) is 3.69. The summed E-state index contributed by atoms with van der Waals surface area (Å²) in [5, 5.41) is 20.0. The highest BCUT2D eigenvalue weighted by Gasteiger charge is 2.26. The Morgan fingerprint density at radius 2 is 1.44 bits per heavy atom. The van der Waals surface area contributed by atoms with Gasteiger partial charge in [-0.3, -0.25) is 0 Å². The molecule has 2 N–H and O–H groups in total. The van der Waals surface area contributed by atoms with E-state index >= 15 is 0 Å². The van der Waals surface area contributed by atoms with E-state index in [1.165, 1.54) is 11.3 Å².